The fraction of sp³-hybridized carbons (Fsp3) is 0.208. The van der Waals surface area contributed by atoms with Crippen LogP contribution in [-0.4, -0.2) is 33.2 Å². The lowest BCUT2D eigenvalue weighted by molar-refractivity contribution is -0.134. The average molecular weight is 461 g/mol. The molecule has 0 amide bonds. The number of anilines is 2. The number of hydrazone groups is 1. The predicted octanol–water partition coefficient (Wildman–Crippen LogP) is 1.40. The first-order valence-corrected chi connectivity index (χ1v) is 10.5. The van der Waals surface area contributed by atoms with E-state index in [0.717, 1.165) is 20.4 Å². The summed E-state index contributed by atoms with van der Waals surface area (Å²) in [4.78, 5) is 49.8. The summed E-state index contributed by atoms with van der Waals surface area (Å²) in [7, 11) is 2.58. The van der Waals surface area contributed by atoms with Gasteiger partial charge in [0.2, 0.25) is 5.78 Å². The third-order valence-electron chi connectivity index (χ3n) is 5.67. The third-order valence-corrected chi connectivity index (χ3v) is 5.67. The summed E-state index contributed by atoms with van der Waals surface area (Å²) in [6.45, 7) is -0.711. The van der Waals surface area contributed by atoms with Crippen molar-refractivity contribution in [2.24, 2.45) is 19.2 Å². The van der Waals surface area contributed by atoms with E-state index in [4.69, 9.17) is 10.5 Å². The third kappa shape index (κ3) is 4.13. The van der Waals surface area contributed by atoms with Gasteiger partial charge in [-0.3, -0.25) is 23.7 Å². The Balaban J connectivity index is 1.55. The summed E-state index contributed by atoms with van der Waals surface area (Å²) < 4.78 is 6.95. The molecule has 174 valence electrons. The number of benzene rings is 2. The lowest BCUT2D eigenvalue weighted by atomic mass is 10.0. The highest BCUT2D eigenvalue weighted by molar-refractivity contribution is 6.37. The van der Waals surface area contributed by atoms with Crippen LogP contribution in [0.2, 0.25) is 0 Å². The van der Waals surface area contributed by atoms with Crippen LogP contribution in [0.25, 0.3) is 0 Å². The SMILES string of the molecule is Cn1c(N)c(C(=O)COC(=O)C2=NN(c3ccccc3)C(c3ccccc3)C2)c(=O)n(C)c1=O. The van der Waals surface area contributed by atoms with E-state index in [2.05, 4.69) is 5.10 Å². The number of carbonyl (C=O) groups excluding carboxylic acids is 2. The van der Waals surface area contributed by atoms with Crippen molar-refractivity contribution in [1.29, 1.82) is 0 Å². The molecular weight excluding hydrogens is 438 g/mol. The molecule has 1 atom stereocenters. The lowest BCUT2D eigenvalue weighted by Gasteiger charge is -2.23. The first kappa shape index (κ1) is 22.7. The second-order valence-electron chi connectivity index (χ2n) is 7.82. The molecule has 2 aromatic carbocycles. The Kier molecular flexibility index (Phi) is 6.13. The Labute approximate surface area is 194 Å². The van der Waals surface area contributed by atoms with Gasteiger partial charge in [0.15, 0.2) is 6.61 Å². The maximum absolute atomic E-state index is 12.8. The summed E-state index contributed by atoms with van der Waals surface area (Å²) in [5, 5.41) is 6.21. The van der Waals surface area contributed by atoms with Crippen molar-refractivity contribution < 1.29 is 14.3 Å². The second-order valence-corrected chi connectivity index (χ2v) is 7.82. The van der Waals surface area contributed by atoms with Gasteiger partial charge < -0.3 is 10.5 Å². The fourth-order valence-electron chi connectivity index (χ4n) is 3.80. The largest absolute Gasteiger partial charge is 0.453 e. The number of esters is 1. The van der Waals surface area contributed by atoms with E-state index < -0.39 is 35.2 Å². The molecular formula is C24H23N5O5. The molecule has 1 aromatic heterocycles. The van der Waals surface area contributed by atoms with E-state index in [9.17, 15) is 19.2 Å². The number of carbonyl (C=O) groups is 2. The highest BCUT2D eigenvalue weighted by atomic mass is 16.5. The van der Waals surface area contributed by atoms with Gasteiger partial charge in [0.05, 0.1) is 11.7 Å². The van der Waals surface area contributed by atoms with Crippen molar-refractivity contribution in [2.45, 2.75) is 12.5 Å². The van der Waals surface area contributed by atoms with E-state index in [1.165, 1.54) is 14.1 Å². The second kappa shape index (κ2) is 9.18. The Morgan fingerprint density at radius 2 is 1.62 bits per heavy atom. The summed E-state index contributed by atoms with van der Waals surface area (Å²) in [5.74, 6) is -1.86. The molecule has 2 heterocycles. The van der Waals surface area contributed by atoms with Gasteiger partial charge in [-0.2, -0.15) is 5.10 Å². The number of ketones is 1. The van der Waals surface area contributed by atoms with Gasteiger partial charge in [0.25, 0.3) is 5.56 Å². The fourth-order valence-corrected chi connectivity index (χ4v) is 3.80. The number of hydrogen-bond acceptors (Lipinski definition) is 8. The molecule has 0 spiro atoms. The van der Waals surface area contributed by atoms with E-state index in [1.54, 1.807) is 5.01 Å². The maximum atomic E-state index is 12.8. The minimum Gasteiger partial charge on any atom is -0.453 e. The Hall–Kier alpha value is -4.47. The highest BCUT2D eigenvalue weighted by Crippen LogP contribution is 2.35. The lowest BCUT2D eigenvalue weighted by Crippen LogP contribution is -2.42. The number of nitrogens with two attached hydrogens (primary N) is 1. The predicted molar refractivity (Wildman–Crippen MR) is 127 cm³/mol. The van der Waals surface area contributed by atoms with Crippen LogP contribution in [0.4, 0.5) is 11.5 Å². The molecule has 10 heteroatoms. The molecule has 10 nitrogen and oxygen atoms in total. The molecule has 0 bridgehead atoms. The monoisotopic (exact) mass is 461 g/mol. The van der Waals surface area contributed by atoms with Crippen LogP contribution < -0.4 is 22.0 Å². The zero-order valence-electron chi connectivity index (χ0n) is 18.7. The van der Waals surface area contributed by atoms with Gasteiger partial charge in [-0.1, -0.05) is 48.5 Å². The van der Waals surface area contributed by atoms with Crippen LogP contribution in [0, 0.1) is 0 Å². The highest BCUT2D eigenvalue weighted by Gasteiger charge is 2.33. The van der Waals surface area contributed by atoms with Gasteiger partial charge in [-0.25, -0.2) is 9.59 Å². The minimum absolute atomic E-state index is 0.145. The van der Waals surface area contributed by atoms with Crippen molar-refractivity contribution in [3.8, 4) is 0 Å². The van der Waals surface area contributed by atoms with Gasteiger partial charge in [0.1, 0.15) is 17.1 Å². The zero-order chi connectivity index (χ0) is 24.4. The van der Waals surface area contributed by atoms with Crippen molar-refractivity contribution in [3.05, 3.63) is 92.6 Å². The number of rotatable bonds is 6. The summed E-state index contributed by atoms with van der Waals surface area (Å²) in [6, 6.07) is 18.8. The van der Waals surface area contributed by atoms with Gasteiger partial charge in [-0.05, 0) is 17.7 Å². The van der Waals surface area contributed by atoms with Crippen LogP contribution in [0.1, 0.15) is 28.4 Å². The van der Waals surface area contributed by atoms with Crippen LogP contribution in [0.3, 0.4) is 0 Å². The van der Waals surface area contributed by atoms with Gasteiger partial charge >= 0.3 is 11.7 Å². The average Bonchev–Trinajstić information content (AvgIpc) is 3.32. The Morgan fingerprint density at radius 3 is 2.26 bits per heavy atom. The molecule has 0 fully saturated rings. The quantitative estimate of drug-likeness (QED) is 0.434. The number of hydrogen-bond donors (Lipinski definition) is 1. The minimum atomic E-state index is -0.848. The molecule has 4 rings (SSSR count). The number of nitrogens with zero attached hydrogens (tertiary/aromatic N) is 4. The summed E-state index contributed by atoms with van der Waals surface area (Å²) >= 11 is 0. The Bertz CT molecular complexity index is 1390. The van der Waals surface area contributed by atoms with Gasteiger partial charge in [0, 0.05) is 20.5 Å². The van der Waals surface area contributed by atoms with Crippen molar-refractivity contribution in [3.63, 3.8) is 0 Å². The van der Waals surface area contributed by atoms with Crippen molar-refractivity contribution in [1.82, 2.24) is 9.13 Å². The number of aromatic nitrogens is 2. The smallest absolute Gasteiger partial charge is 0.355 e. The van der Waals surface area contributed by atoms with Crippen molar-refractivity contribution in [2.75, 3.05) is 17.3 Å². The standard InChI is InChI=1S/C24H23N5O5/c1-27-21(25)20(22(31)28(2)24(27)33)19(30)14-34-23(32)17-13-18(15-9-5-3-6-10-15)29(26-17)16-11-7-4-8-12-16/h3-12,18H,13-14,25H2,1-2H3. The molecule has 3 aromatic rings. The van der Waals surface area contributed by atoms with E-state index in [0.29, 0.717) is 0 Å². The molecule has 1 unspecified atom stereocenters. The number of nitrogen functional groups attached to an aromatic ring is 1. The Morgan fingerprint density at radius 1 is 1.00 bits per heavy atom. The molecule has 0 saturated heterocycles. The molecule has 0 saturated carbocycles. The maximum Gasteiger partial charge on any atom is 0.355 e. The van der Waals surface area contributed by atoms with E-state index in [1.807, 2.05) is 60.7 Å². The molecule has 1 aliphatic rings. The number of ether oxygens (including phenoxy) is 1. The first-order chi connectivity index (χ1) is 16.3. The molecule has 1 aliphatic heterocycles. The number of para-hydroxylation sites is 1. The number of Topliss-reactive ketones (excluding diaryl/α,β-unsaturated/α-hetero) is 1. The van der Waals surface area contributed by atoms with Crippen LogP contribution in [0.15, 0.2) is 75.4 Å². The van der Waals surface area contributed by atoms with Crippen LogP contribution >= 0.6 is 0 Å². The van der Waals surface area contributed by atoms with Crippen LogP contribution in [-0.2, 0) is 23.6 Å². The molecule has 0 aliphatic carbocycles. The van der Waals surface area contributed by atoms with Crippen molar-refractivity contribution >= 4 is 29.0 Å². The summed E-state index contributed by atoms with van der Waals surface area (Å²) in [6.07, 6.45) is 0.273. The normalized spacial score (nSPS) is 15.2. The zero-order valence-corrected chi connectivity index (χ0v) is 18.7. The van der Waals surface area contributed by atoms with E-state index >= 15 is 0 Å². The summed E-state index contributed by atoms with van der Waals surface area (Å²) in [5.41, 5.74) is 5.81. The topological polar surface area (TPSA) is 129 Å². The van der Waals surface area contributed by atoms with Crippen LogP contribution in [0.5, 0.6) is 0 Å². The molecule has 0 radical (unpaired) electrons. The molecule has 2 N–H and O–H groups in total. The van der Waals surface area contributed by atoms with Gasteiger partial charge in [-0.15, -0.1) is 0 Å². The molecule has 34 heavy (non-hydrogen) atoms. The first-order valence-electron chi connectivity index (χ1n) is 10.5. The van der Waals surface area contributed by atoms with E-state index in [-0.39, 0.29) is 24.0 Å².